The molecule has 0 aliphatic rings. The van der Waals surface area contributed by atoms with Crippen LogP contribution < -0.4 is 10.5 Å². The number of rotatable bonds is 5. The van der Waals surface area contributed by atoms with Gasteiger partial charge in [0.05, 0.1) is 25.3 Å². The highest BCUT2D eigenvalue weighted by atomic mass is 16.5. The fourth-order valence-electron chi connectivity index (χ4n) is 1.80. The standard InChI is InChI=1S/C13H19NO3/c1-4-9(13(15)17-5-2)10-7-6-8-11(16-3)12(10)14/h6-9H,4-5,14H2,1-3H3. The molecule has 1 atom stereocenters. The second-order valence-corrected chi connectivity index (χ2v) is 3.68. The van der Waals surface area contributed by atoms with Crippen LogP contribution in [0, 0.1) is 0 Å². The molecule has 0 aliphatic heterocycles. The molecule has 17 heavy (non-hydrogen) atoms. The Labute approximate surface area is 102 Å². The van der Waals surface area contributed by atoms with Crippen molar-refractivity contribution in [2.75, 3.05) is 19.5 Å². The number of carbonyl (C=O) groups is 1. The van der Waals surface area contributed by atoms with E-state index in [4.69, 9.17) is 15.2 Å². The van der Waals surface area contributed by atoms with Gasteiger partial charge in [0, 0.05) is 0 Å². The van der Waals surface area contributed by atoms with Crippen molar-refractivity contribution in [3.63, 3.8) is 0 Å². The number of hydrogen-bond acceptors (Lipinski definition) is 4. The molecule has 0 amide bonds. The Morgan fingerprint density at radius 2 is 2.12 bits per heavy atom. The molecule has 0 saturated carbocycles. The number of carbonyl (C=O) groups excluding carboxylic acids is 1. The fourth-order valence-corrected chi connectivity index (χ4v) is 1.80. The number of esters is 1. The van der Waals surface area contributed by atoms with Gasteiger partial charge in [0.15, 0.2) is 0 Å². The summed E-state index contributed by atoms with van der Waals surface area (Å²) < 4.78 is 10.2. The molecule has 1 aromatic rings. The Kier molecular flexibility index (Phi) is 4.82. The van der Waals surface area contributed by atoms with E-state index in [0.29, 0.717) is 24.5 Å². The number of anilines is 1. The lowest BCUT2D eigenvalue weighted by Gasteiger charge is -2.17. The summed E-state index contributed by atoms with van der Waals surface area (Å²) in [6.07, 6.45) is 0.649. The van der Waals surface area contributed by atoms with Crippen molar-refractivity contribution in [2.24, 2.45) is 0 Å². The van der Waals surface area contributed by atoms with Crippen LogP contribution >= 0.6 is 0 Å². The Balaban J connectivity index is 3.07. The number of nitrogens with two attached hydrogens (primary N) is 1. The average Bonchev–Trinajstić information content (AvgIpc) is 2.32. The Bertz CT molecular complexity index is 390. The lowest BCUT2D eigenvalue weighted by atomic mass is 9.94. The molecule has 0 aromatic heterocycles. The molecule has 2 N–H and O–H groups in total. The highest BCUT2D eigenvalue weighted by molar-refractivity contribution is 5.81. The molecule has 4 nitrogen and oxygen atoms in total. The summed E-state index contributed by atoms with van der Waals surface area (Å²) in [6, 6.07) is 5.44. The molecule has 0 spiro atoms. The Hall–Kier alpha value is -1.71. The van der Waals surface area contributed by atoms with Gasteiger partial charge in [-0.25, -0.2) is 0 Å². The first-order chi connectivity index (χ1) is 8.15. The molecule has 0 heterocycles. The van der Waals surface area contributed by atoms with Gasteiger partial charge < -0.3 is 15.2 Å². The molecule has 1 aromatic carbocycles. The van der Waals surface area contributed by atoms with E-state index in [1.165, 1.54) is 0 Å². The molecular weight excluding hydrogens is 218 g/mol. The Morgan fingerprint density at radius 1 is 1.41 bits per heavy atom. The van der Waals surface area contributed by atoms with Gasteiger partial charge in [-0.15, -0.1) is 0 Å². The molecular formula is C13H19NO3. The van der Waals surface area contributed by atoms with Crippen molar-refractivity contribution in [1.82, 2.24) is 0 Å². The van der Waals surface area contributed by atoms with Gasteiger partial charge in [0.2, 0.25) is 0 Å². The van der Waals surface area contributed by atoms with E-state index >= 15 is 0 Å². The number of nitrogen functional groups attached to an aromatic ring is 1. The molecule has 0 saturated heterocycles. The molecule has 1 rings (SSSR count). The van der Waals surface area contributed by atoms with E-state index in [1.807, 2.05) is 19.1 Å². The van der Waals surface area contributed by atoms with Gasteiger partial charge in [-0.1, -0.05) is 19.1 Å². The van der Waals surface area contributed by atoms with E-state index in [2.05, 4.69) is 0 Å². The number of ether oxygens (including phenoxy) is 2. The highest BCUT2D eigenvalue weighted by Crippen LogP contribution is 2.32. The highest BCUT2D eigenvalue weighted by Gasteiger charge is 2.23. The van der Waals surface area contributed by atoms with Crippen molar-refractivity contribution in [3.05, 3.63) is 23.8 Å². The van der Waals surface area contributed by atoms with E-state index in [1.54, 1.807) is 20.1 Å². The first kappa shape index (κ1) is 13.4. The number of methoxy groups -OCH3 is 1. The molecule has 4 heteroatoms. The molecule has 0 aliphatic carbocycles. The lowest BCUT2D eigenvalue weighted by Crippen LogP contribution is -2.17. The molecule has 94 valence electrons. The van der Waals surface area contributed by atoms with Gasteiger partial charge in [0.1, 0.15) is 5.75 Å². The summed E-state index contributed by atoms with van der Waals surface area (Å²) in [5.41, 5.74) is 7.25. The van der Waals surface area contributed by atoms with Gasteiger partial charge in [-0.3, -0.25) is 4.79 Å². The summed E-state index contributed by atoms with van der Waals surface area (Å²) >= 11 is 0. The molecule has 0 radical (unpaired) electrons. The zero-order chi connectivity index (χ0) is 12.8. The van der Waals surface area contributed by atoms with Crippen LogP contribution in [0.3, 0.4) is 0 Å². The lowest BCUT2D eigenvalue weighted by molar-refractivity contribution is -0.145. The van der Waals surface area contributed by atoms with Crippen molar-refractivity contribution in [2.45, 2.75) is 26.2 Å². The summed E-state index contributed by atoms with van der Waals surface area (Å²) in [4.78, 5) is 11.8. The first-order valence-corrected chi connectivity index (χ1v) is 5.74. The van der Waals surface area contributed by atoms with Gasteiger partial charge >= 0.3 is 5.97 Å². The van der Waals surface area contributed by atoms with Crippen molar-refractivity contribution in [1.29, 1.82) is 0 Å². The van der Waals surface area contributed by atoms with Crippen LogP contribution in [0.4, 0.5) is 5.69 Å². The van der Waals surface area contributed by atoms with E-state index in [-0.39, 0.29) is 11.9 Å². The number of hydrogen-bond donors (Lipinski definition) is 1. The van der Waals surface area contributed by atoms with Crippen LogP contribution in [-0.4, -0.2) is 19.7 Å². The zero-order valence-corrected chi connectivity index (χ0v) is 10.5. The molecule has 0 bridgehead atoms. The normalized spacial score (nSPS) is 11.9. The summed E-state index contributed by atoms with van der Waals surface area (Å²) in [6.45, 7) is 4.10. The Morgan fingerprint density at radius 3 is 2.65 bits per heavy atom. The van der Waals surface area contributed by atoms with Crippen LogP contribution in [-0.2, 0) is 9.53 Å². The van der Waals surface area contributed by atoms with Gasteiger partial charge in [-0.05, 0) is 25.0 Å². The predicted molar refractivity (Wildman–Crippen MR) is 67.1 cm³/mol. The number of benzene rings is 1. The third kappa shape index (κ3) is 2.90. The molecule has 1 unspecified atom stereocenters. The van der Waals surface area contributed by atoms with Crippen molar-refractivity contribution >= 4 is 11.7 Å². The SMILES string of the molecule is CCOC(=O)C(CC)c1cccc(OC)c1N. The van der Waals surface area contributed by atoms with Crippen LogP contribution in [0.5, 0.6) is 5.75 Å². The predicted octanol–water partition coefficient (Wildman–Crippen LogP) is 2.33. The van der Waals surface area contributed by atoms with E-state index in [9.17, 15) is 4.79 Å². The topological polar surface area (TPSA) is 61.5 Å². The van der Waals surface area contributed by atoms with E-state index in [0.717, 1.165) is 5.56 Å². The third-order valence-electron chi connectivity index (χ3n) is 2.67. The fraction of sp³-hybridized carbons (Fsp3) is 0.462. The maximum Gasteiger partial charge on any atom is 0.313 e. The minimum absolute atomic E-state index is 0.241. The van der Waals surface area contributed by atoms with Gasteiger partial charge in [-0.2, -0.15) is 0 Å². The van der Waals surface area contributed by atoms with E-state index < -0.39 is 0 Å². The summed E-state index contributed by atoms with van der Waals surface area (Å²) in [7, 11) is 1.56. The maximum absolute atomic E-state index is 11.8. The quantitative estimate of drug-likeness (QED) is 0.630. The second-order valence-electron chi connectivity index (χ2n) is 3.68. The summed E-state index contributed by atoms with van der Waals surface area (Å²) in [5.74, 6) is 0.0188. The van der Waals surface area contributed by atoms with Crippen molar-refractivity contribution in [3.8, 4) is 5.75 Å². The van der Waals surface area contributed by atoms with Crippen molar-refractivity contribution < 1.29 is 14.3 Å². The first-order valence-electron chi connectivity index (χ1n) is 5.74. The van der Waals surface area contributed by atoms with Crippen LogP contribution in [0.15, 0.2) is 18.2 Å². The minimum Gasteiger partial charge on any atom is -0.495 e. The minimum atomic E-state index is -0.329. The third-order valence-corrected chi connectivity index (χ3v) is 2.67. The van der Waals surface area contributed by atoms with Crippen LogP contribution in [0.2, 0.25) is 0 Å². The zero-order valence-electron chi connectivity index (χ0n) is 10.5. The van der Waals surface area contributed by atoms with Crippen LogP contribution in [0.25, 0.3) is 0 Å². The second kappa shape index (κ2) is 6.13. The molecule has 0 fully saturated rings. The largest absolute Gasteiger partial charge is 0.495 e. The van der Waals surface area contributed by atoms with Gasteiger partial charge in [0.25, 0.3) is 0 Å². The number of para-hydroxylation sites is 1. The maximum atomic E-state index is 11.8. The average molecular weight is 237 g/mol. The van der Waals surface area contributed by atoms with Crippen LogP contribution in [0.1, 0.15) is 31.7 Å². The summed E-state index contributed by atoms with van der Waals surface area (Å²) in [5, 5.41) is 0. The monoisotopic (exact) mass is 237 g/mol. The smallest absolute Gasteiger partial charge is 0.313 e.